The Balaban J connectivity index is 2.06. The van der Waals surface area contributed by atoms with Gasteiger partial charge < -0.3 is 10.1 Å². The molecular weight excluding hydrogens is 190 g/mol. The van der Waals surface area contributed by atoms with Crippen molar-refractivity contribution >= 4 is 5.97 Å². The Hall–Kier alpha value is -0.570. The third-order valence-electron chi connectivity index (χ3n) is 4.13. The SMILES string of the molecule is CNC1(C(=O)OC)CCCC(C2CC2)C1. The topological polar surface area (TPSA) is 38.3 Å². The molecule has 0 aromatic heterocycles. The summed E-state index contributed by atoms with van der Waals surface area (Å²) in [6, 6.07) is 0. The second kappa shape index (κ2) is 4.12. The van der Waals surface area contributed by atoms with Gasteiger partial charge in [0.1, 0.15) is 5.54 Å². The number of rotatable bonds is 3. The summed E-state index contributed by atoms with van der Waals surface area (Å²) < 4.78 is 4.93. The van der Waals surface area contributed by atoms with Crippen molar-refractivity contribution in [2.24, 2.45) is 11.8 Å². The van der Waals surface area contributed by atoms with E-state index < -0.39 is 0 Å². The summed E-state index contributed by atoms with van der Waals surface area (Å²) in [5.74, 6) is 1.56. The maximum absolute atomic E-state index is 11.8. The highest BCUT2D eigenvalue weighted by molar-refractivity contribution is 5.80. The number of carbonyl (C=O) groups is 1. The van der Waals surface area contributed by atoms with Gasteiger partial charge in [0.15, 0.2) is 0 Å². The van der Waals surface area contributed by atoms with E-state index in [0.29, 0.717) is 0 Å². The van der Waals surface area contributed by atoms with Crippen molar-refractivity contribution in [3.63, 3.8) is 0 Å². The average molecular weight is 211 g/mol. The van der Waals surface area contributed by atoms with Crippen LogP contribution < -0.4 is 5.32 Å². The summed E-state index contributed by atoms with van der Waals surface area (Å²) in [4.78, 5) is 11.8. The molecule has 0 aromatic carbocycles. The molecule has 0 heterocycles. The van der Waals surface area contributed by atoms with Crippen LogP contribution in [0, 0.1) is 11.8 Å². The molecular formula is C12H21NO2. The summed E-state index contributed by atoms with van der Waals surface area (Å²) in [6.07, 6.45) is 7.08. The van der Waals surface area contributed by atoms with E-state index >= 15 is 0 Å². The molecule has 86 valence electrons. The smallest absolute Gasteiger partial charge is 0.326 e. The molecule has 0 bridgehead atoms. The zero-order chi connectivity index (χ0) is 10.9. The molecule has 2 unspecified atom stereocenters. The Bertz CT molecular complexity index is 250. The van der Waals surface area contributed by atoms with Crippen molar-refractivity contribution in [2.45, 2.75) is 44.1 Å². The summed E-state index contributed by atoms with van der Waals surface area (Å²) in [5.41, 5.74) is -0.389. The third kappa shape index (κ3) is 2.03. The van der Waals surface area contributed by atoms with E-state index in [1.54, 1.807) is 0 Å². The van der Waals surface area contributed by atoms with Gasteiger partial charge in [-0.05, 0) is 44.6 Å². The van der Waals surface area contributed by atoms with Crippen LogP contribution in [0.4, 0.5) is 0 Å². The molecule has 0 amide bonds. The summed E-state index contributed by atoms with van der Waals surface area (Å²) >= 11 is 0. The van der Waals surface area contributed by atoms with Gasteiger partial charge in [-0.1, -0.05) is 12.8 Å². The normalized spacial score (nSPS) is 36.3. The highest BCUT2D eigenvalue weighted by atomic mass is 16.5. The first-order valence-corrected chi connectivity index (χ1v) is 5.99. The molecule has 2 atom stereocenters. The lowest BCUT2D eigenvalue weighted by Gasteiger charge is -2.38. The van der Waals surface area contributed by atoms with Crippen LogP contribution in [-0.2, 0) is 9.53 Å². The minimum absolute atomic E-state index is 0.0737. The van der Waals surface area contributed by atoms with Crippen LogP contribution in [0.15, 0.2) is 0 Å². The van der Waals surface area contributed by atoms with E-state index in [4.69, 9.17) is 4.74 Å². The van der Waals surface area contributed by atoms with Crippen molar-refractivity contribution in [3.8, 4) is 0 Å². The standard InChI is InChI=1S/C12H21NO2/c1-13-12(11(14)15-2)7-3-4-10(8-12)9-5-6-9/h9-10,13H,3-8H2,1-2H3. The van der Waals surface area contributed by atoms with Gasteiger partial charge in [0.25, 0.3) is 0 Å². The lowest BCUT2D eigenvalue weighted by molar-refractivity contribution is -0.150. The molecule has 3 heteroatoms. The summed E-state index contributed by atoms with van der Waals surface area (Å²) in [5, 5.41) is 3.21. The lowest BCUT2D eigenvalue weighted by atomic mass is 9.74. The van der Waals surface area contributed by atoms with Gasteiger partial charge in [-0.2, -0.15) is 0 Å². The molecule has 0 aromatic rings. The minimum Gasteiger partial charge on any atom is -0.468 e. The van der Waals surface area contributed by atoms with E-state index in [1.807, 2.05) is 7.05 Å². The van der Waals surface area contributed by atoms with Gasteiger partial charge in [-0.3, -0.25) is 4.79 Å². The average Bonchev–Trinajstić information content (AvgIpc) is 3.12. The number of ether oxygens (including phenoxy) is 1. The zero-order valence-electron chi connectivity index (χ0n) is 9.71. The van der Waals surface area contributed by atoms with Gasteiger partial charge in [-0.15, -0.1) is 0 Å². The van der Waals surface area contributed by atoms with Crippen LogP contribution in [0.1, 0.15) is 38.5 Å². The number of hydrogen-bond acceptors (Lipinski definition) is 3. The minimum atomic E-state index is -0.389. The Morgan fingerprint density at radius 2 is 2.07 bits per heavy atom. The van der Waals surface area contributed by atoms with Crippen LogP contribution in [-0.4, -0.2) is 25.7 Å². The van der Waals surface area contributed by atoms with Crippen LogP contribution in [0.25, 0.3) is 0 Å². The first-order valence-electron chi connectivity index (χ1n) is 5.99. The third-order valence-corrected chi connectivity index (χ3v) is 4.13. The highest BCUT2D eigenvalue weighted by Crippen LogP contribution is 2.46. The molecule has 15 heavy (non-hydrogen) atoms. The van der Waals surface area contributed by atoms with Crippen molar-refractivity contribution in [1.82, 2.24) is 5.32 Å². The largest absolute Gasteiger partial charge is 0.468 e. The Kier molecular flexibility index (Phi) is 3.01. The molecule has 2 rings (SSSR count). The molecule has 0 aliphatic heterocycles. The Morgan fingerprint density at radius 1 is 1.33 bits per heavy atom. The molecule has 2 saturated carbocycles. The maximum atomic E-state index is 11.8. The number of esters is 1. The Labute approximate surface area is 91.6 Å². The van der Waals surface area contributed by atoms with E-state index in [1.165, 1.54) is 26.4 Å². The van der Waals surface area contributed by atoms with Gasteiger partial charge >= 0.3 is 5.97 Å². The molecule has 0 spiro atoms. The maximum Gasteiger partial charge on any atom is 0.326 e. The molecule has 0 saturated heterocycles. The predicted molar refractivity (Wildman–Crippen MR) is 58.5 cm³/mol. The highest BCUT2D eigenvalue weighted by Gasteiger charge is 2.46. The number of likely N-dealkylation sites (N-methyl/N-ethyl adjacent to an activating group) is 1. The quantitative estimate of drug-likeness (QED) is 0.722. The monoisotopic (exact) mass is 211 g/mol. The number of methoxy groups -OCH3 is 1. The number of carbonyl (C=O) groups excluding carboxylic acids is 1. The van der Waals surface area contributed by atoms with E-state index in [9.17, 15) is 4.79 Å². The Morgan fingerprint density at radius 3 is 2.60 bits per heavy atom. The van der Waals surface area contributed by atoms with Gasteiger partial charge in [0.2, 0.25) is 0 Å². The molecule has 1 N–H and O–H groups in total. The molecule has 2 aliphatic rings. The van der Waals surface area contributed by atoms with Gasteiger partial charge in [0, 0.05) is 0 Å². The van der Waals surface area contributed by atoms with E-state index in [-0.39, 0.29) is 11.5 Å². The zero-order valence-corrected chi connectivity index (χ0v) is 9.71. The van der Waals surface area contributed by atoms with Crippen molar-refractivity contribution in [2.75, 3.05) is 14.2 Å². The molecule has 0 radical (unpaired) electrons. The van der Waals surface area contributed by atoms with Crippen LogP contribution >= 0.6 is 0 Å². The van der Waals surface area contributed by atoms with Crippen molar-refractivity contribution < 1.29 is 9.53 Å². The molecule has 3 nitrogen and oxygen atoms in total. The van der Waals surface area contributed by atoms with Crippen LogP contribution in [0.2, 0.25) is 0 Å². The second-order valence-corrected chi connectivity index (χ2v) is 5.02. The van der Waals surface area contributed by atoms with Crippen LogP contribution in [0.5, 0.6) is 0 Å². The van der Waals surface area contributed by atoms with Crippen molar-refractivity contribution in [1.29, 1.82) is 0 Å². The fraction of sp³-hybridized carbons (Fsp3) is 0.917. The lowest BCUT2D eigenvalue weighted by Crippen LogP contribution is -2.54. The summed E-state index contributed by atoms with van der Waals surface area (Å²) in [7, 11) is 3.37. The summed E-state index contributed by atoms with van der Waals surface area (Å²) in [6.45, 7) is 0. The second-order valence-electron chi connectivity index (χ2n) is 5.02. The molecule has 2 fully saturated rings. The first-order chi connectivity index (χ1) is 7.22. The van der Waals surface area contributed by atoms with E-state index in [0.717, 1.165) is 31.1 Å². The first kappa shape index (κ1) is 10.9. The van der Waals surface area contributed by atoms with Crippen molar-refractivity contribution in [3.05, 3.63) is 0 Å². The molecule has 2 aliphatic carbocycles. The van der Waals surface area contributed by atoms with Gasteiger partial charge in [-0.25, -0.2) is 0 Å². The predicted octanol–water partition coefficient (Wildman–Crippen LogP) is 1.72. The van der Waals surface area contributed by atoms with Gasteiger partial charge in [0.05, 0.1) is 7.11 Å². The van der Waals surface area contributed by atoms with Crippen LogP contribution in [0.3, 0.4) is 0 Å². The number of nitrogens with one attached hydrogen (secondary N) is 1. The van der Waals surface area contributed by atoms with E-state index in [2.05, 4.69) is 5.32 Å². The fourth-order valence-electron chi connectivity index (χ4n) is 3.00. The fourth-order valence-corrected chi connectivity index (χ4v) is 3.00. The number of hydrogen-bond donors (Lipinski definition) is 1.